The van der Waals surface area contributed by atoms with E-state index in [2.05, 4.69) is 20.3 Å². The van der Waals surface area contributed by atoms with Crippen LogP contribution in [-0.4, -0.2) is 25.4 Å². The number of aromatic nitrogens is 4. The first-order chi connectivity index (χ1) is 14.1. The molecule has 7 heteroatoms. The number of hydrogen-bond acceptors (Lipinski definition) is 4. The standard InChI is InChI=1S/C22H18FN5O/c1-28-13-12-24-22(28)21(15-6-8-16(23)9-7-15)27-20(29)11-10-17-14-25-18-4-2-3-5-19(18)26-17/h2-14,21H,1H3,(H,27,29)/b11-10+. The molecular weight excluding hydrogens is 369 g/mol. The van der Waals surface area contributed by atoms with Crippen LogP contribution in [0, 0.1) is 5.82 Å². The molecule has 144 valence electrons. The molecule has 6 nitrogen and oxygen atoms in total. The predicted octanol–water partition coefficient (Wildman–Crippen LogP) is 3.42. The Labute approximate surface area is 166 Å². The summed E-state index contributed by atoms with van der Waals surface area (Å²) in [4.78, 5) is 25.7. The van der Waals surface area contributed by atoms with Crippen LogP contribution in [0.1, 0.15) is 23.1 Å². The van der Waals surface area contributed by atoms with Gasteiger partial charge in [0.1, 0.15) is 17.7 Å². The highest BCUT2D eigenvalue weighted by Crippen LogP contribution is 2.21. The van der Waals surface area contributed by atoms with Crippen LogP contribution in [0.15, 0.2) is 73.2 Å². The summed E-state index contributed by atoms with van der Waals surface area (Å²) in [7, 11) is 1.84. The first kappa shape index (κ1) is 18.5. The van der Waals surface area contributed by atoms with E-state index in [0.29, 0.717) is 11.5 Å². The Kier molecular flexibility index (Phi) is 5.11. The molecular formula is C22H18FN5O. The van der Waals surface area contributed by atoms with Gasteiger partial charge >= 0.3 is 0 Å². The number of imidazole rings is 1. The number of aryl methyl sites for hydroxylation is 1. The zero-order valence-corrected chi connectivity index (χ0v) is 15.7. The van der Waals surface area contributed by atoms with Gasteiger partial charge in [-0.15, -0.1) is 0 Å². The van der Waals surface area contributed by atoms with Crippen LogP contribution in [0.25, 0.3) is 17.1 Å². The minimum Gasteiger partial charge on any atom is -0.339 e. The van der Waals surface area contributed by atoms with Crippen LogP contribution >= 0.6 is 0 Å². The molecule has 0 aliphatic rings. The van der Waals surface area contributed by atoms with E-state index in [1.165, 1.54) is 18.2 Å². The molecule has 29 heavy (non-hydrogen) atoms. The third-order valence-corrected chi connectivity index (χ3v) is 4.48. The molecule has 0 bridgehead atoms. The second-order valence-electron chi connectivity index (χ2n) is 6.51. The Balaban J connectivity index is 1.56. The van der Waals surface area contributed by atoms with E-state index in [0.717, 1.165) is 16.6 Å². The number of hydrogen-bond donors (Lipinski definition) is 1. The number of amides is 1. The van der Waals surface area contributed by atoms with Crippen LogP contribution in [0.3, 0.4) is 0 Å². The summed E-state index contributed by atoms with van der Waals surface area (Å²) in [5.74, 6) is -0.0189. The molecule has 1 unspecified atom stereocenters. The second-order valence-corrected chi connectivity index (χ2v) is 6.51. The van der Waals surface area contributed by atoms with E-state index in [9.17, 15) is 9.18 Å². The number of carbonyl (C=O) groups is 1. The lowest BCUT2D eigenvalue weighted by molar-refractivity contribution is -0.117. The molecule has 0 spiro atoms. The highest BCUT2D eigenvalue weighted by Gasteiger charge is 2.20. The van der Waals surface area contributed by atoms with E-state index in [4.69, 9.17) is 0 Å². The lowest BCUT2D eigenvalue weighted by Gasteiger charge is -2.18. The maximum Gasteiger partial charge on any atom is 0.244 e. The van der Waals surface area contributed by atoms with Gasteiger partial charge in [0.25, 0.3) is 0 Å². The minimum absolute atomic E-state index is 0.322. The molecule has 4 aromatic rings. The van der Waals surface area contributed by atoms with Crippen LogP contribution in [0.5, 0.6) is 0 Å². The highest BCUT2D eigenvalue weighted by atomic mass is 19.1. The van der Waals surface area contributed by atoms with Gasteiger partial charge in [-0.3, -0.25) is 9.78 Å². The molecule has 0 saturated heterocycles. The molecule has 0 radical (unpaired) electrons. The molecule has 1 atom stereocenters. The zero-order valence-electron chi connectivity index (χ0n) is 15.7. The quantitative estimate of drug-likeness (QED) is 0.533. The Hall–Kier alpha value is -3.87. The van der Waals surface area contributed by atoms with Crippen molar-refractivity contribution < 1.29 is 9.18 Å². The molecule has 2 aromatic carbocycles. The maximum absolute atomic E-state index is 13.3. The largest absolute Gasteiger partial charge is 0.339 e. The van der Waals surface area contributed by atoms with Crippen molar-refractivity contribution in [3.8, 4) is 0 Å². The zero-order chi connectivity index (χ0) is 20.2. The van der Waals surface area contributed by atoms with Gasteiger partial charge in [0, 0.05) is 25.5 Å². The number of nitrogens with one attached hydrogen (secondary N) is 1. The third kappa shape index (κ3) is 4.19. The van der Waals surface area contributed by atoms with Crippen molar-refractivity contribution in [3.05, 3.63) is 96.1 Å². The highest BCUT2D eigenvalue weighted by molar-refractivity contribution is 5.92. The van der Waals surface area contributed by atoms with Gasteiger partial charge in [-0.1, -0.05) is 24.3 Å². The van der Waals surface area contributed by atoms with Crippen molar-refractivity contribution >= 4 is 23.0 Å². The number of nitrogens with zero attached hydrogens (tertiary/aromatic N) is 4. The van der Waals surface area contributed by atoms with Crippen molar-refractivity contribution in [2.45, 2.75) is 6.04 Å². The van der Waals surface area contributed by atoms with Crippen LogP contribution in [-0.2, 0) is 11.8 Å². The molecule has 4 rings (SSSR count). The first-order valence-corrected chi connectivity index (χ1v) is 9.03. The average Bonchev–Trinajstić information content (AvgIpc) is 3.16. The molecule has 1 N–H and O–H groups in total. The van der Waals surface area contributed by atoms with E-state index >= 15 is 0 Å². The van der Waals surface area contributed by atoms with Crippen molar-refractivity contribution in [2.75, 3.05) is 0 Å². The van der Waals surface area contributed by atoms with Crippen LogP contribution in [0.4, 0.5) is 4.39 Å². The summed E-state index contributed by atoms with van der Waals surface area (Å²) < 4.78 is 15.1. The summed E-state index contributed by atoms with van der Waals surface area (Å²) in [5, 5.41) is 2.92. The molecule has 1 amide bonds. The minimum atomic E-state index is -0.518. The molecule has 0 fully saturated rings. The summed E-state index contributed by atoms with van der Waals surface area (Å²) >= 11 is 0. The fourth-order valence-electron chi connectivity index (χ4n) is 3.01. The SMILES string of the molecule is Cn1ccnc1C(NC(=O)/C=C/c1cnc2ccccc2n1)c1ccc(F)cc1. The summed E-state index contributed by atoms with van der Waals surface area (Å²) in [6.07, 6.45) is 8.06. The first-order valence-electron chi connectivity index (χ1n) is 9.03. The average molecular weight is 387 g/mol. The second kappa shape index (κ2) is 8.02. The van der Waals surface area contributed by atoms with Crippen molar-refractivity contribution in [1.82, 2.24) is 24.8 Å². The van der Waals surface area contributed by atoms with E-state index < -0.39 is 6.04 Å². The fourth-order valence-corrected chi connectivity index (χ4v) is 3.01. The Bertz CT molecular complexity index is 1180. The van der Waals surface area contributed by atoms with Gasteiger partial charge < -0.3 is 9.88 Å². The predicted molar refractivity (Wildman–Crippen MR) is 108 cm³/mol. The Morgan fingerprint density at radius 2 is 1.86 bits per heavy atom. The van der Waals surface area contributed by atoms with E-state index in [1.54, 1.807) is 36.8 Å². The van der Waals surface area contributed by atoms with Crippen molar-refractivity contribution in [3.63, 3.8) is 0 Å². The molecule has 2 aromatic heterocycles. The van der Waals surface area contributed by atoms with Crippen molar-refractivity contribution in [1.29, 1.82) is 0 Å². The monoisotopic (exact) mass is 387 g/mol. The number of para-hydroxylation sites is 2. The lowest BCUT2D eigenvalue weighted by Crippen LogP contribution is -2.29. The molecule has 0 aliphatic heterocycles. The van der Waals surface area contributed by atoms with Crippen molar-refractivity contribution in [2.24, 2.45) is 7.05 Å². The number of fused-ring (bicyclic) bond motifs is 1. The summed E-state index contributed by atoms with van der Waals surface area (Å²) in [5.41, 5.74) is 2.86. The summed E-state index contributed by atoms with van der Waals surface area (Å²) in [6.45, 7) is 0. The normalized spacial score (nSPS) is 12.3. The number of halogens is 1. The van der Waals surface area contributed by atoms with E-state index in [1.807, 2.05) is 35.9 Å². The van der Waals surface area contributed by atoms with Gasteiger partial charge in [0.2, 0.25) is 5.91 Å². The Morgan fingerprint density at radius 1 is 1.10 bits per heavy atom. The number of benzene rings is 2. The van der Waals surface area contributed by atoms with Gasteiger partial charge in [-0.2, -0.15) is 0 Å². The number of rotatable bonds is 5. The van der Waals surface area contributed by atoms with Gasteiger partial charge in [-0.25, -0.2) is 14.4 Å². The lowest BCUT2D eigenvalue weighted by atomic mass is 10.1. The van der Waals surface area contributed by atoms with Gasteiger partial charge in [0.05, 0.1) is 22.9 Å². The molecule has 0 aliphatic carbocycles. The smallest absolute Gasteiger partial charge is 0.244 e. The molecule has 0 saturated carbocycles. The number of carbonyl (C=O) groups excluding carboxylic acids is 1. The van der Waals surface area contributed by atoms with E-state index in [-0.39, 0.29) is 11.7 Å². The Morgan fingerprint density at radius 3 is 2.59 bits per heavy atom. The molecule has 2 heterocycles. The maximum atomic E-state index is 13.3. The van der Waals surface area contributed by atoms with Crippen LogP contribution < -0.4 is 5.32 Å². The summed E-state index contributed by atoms with van der Waals surface area (Å²) in [6, 6.07) is 13.0. The topological polar surface area (TPSA) is 72.7 Å². The van der Waals surface area contributed by atoms with Gasteiger partial charge in [-0.05, 0) is 35.9 Å². The van der Waals surface area contributed by atoms with Gasteiger partial charge in [0.15, 0.2) is 0 Å². The fraction of sp³-hybridized carbons (Fsp3) is 0.0909. The van der Waals surface area contributed by atoms with Crippen LogP contribution in [0.2, 0.25) is 0 Å². The third-order valence-electron chi connectivity index (χ3n) is 4.48.